The van der Waals surface area contributed by atoms with Crippen LogP contribution < -0.4 is 4.74 Å². The maximum absolute atomic E-state index is 12.3. The van der Waals surface area contributed by atoms with Crippen molar-refractivity contribution in [2.24, 2.45) is 0 Å². The van der Waals surface area contributed by atoms with Gasteiger partial charge in [0.2, 0.25) is 0 Å². The van der Waals surface area contributed by atoms with Gasteiger partial charge in [0.05, 0.1) is 12.2 Å². The number of carbonyl (C=O) groups is 1. The molecular formula is C18H21NO3. The molecule has 4 heteroatoms. The van der Waals surface area contributed by atoms with Crippen LogP contribution in [0.3, 0.4) is 0 Å². The zero-order valence-corrected chi connectivity index (χ0v) is 13.0. The van der Waals surface area contributed by atoms with Crippen LogP contribution in [0, 0.1) is 0 Å². The lowest BCUT2D eigenvalue weighted by Crippen LogP contribution is -2.49. The summed E-state index contributed by atoms with van der Waals surface area (Å²) in [4.78, 5) is 14.2. The maximum Gasteiger partial charge on any atom is 0.260 e. The summed E-state index contributed by atoms with van der Waals surface area (Å²) >= 11 is 0. The van der Waals surface area contributed by atoms with Crippen LogP contribution in [-0.2, 0) is 9.53 Å². The summed E-state index contributed by atoms with van der Waals surface area (Å²) in [6, 6.07) is 13.9. The summed E-state index contributed by atoms with van der Waals surface area (Å²) in [6.07, 6.45) is 0.149. The number of amides is 1. The second-order valence-corrected chi connectivity index (χ2v) is 5.82. The largest absolute Gasteiger partial charge is 0.483 e. The number of hydrogen-bond donors (Lipinski definition) is 0. The van der Waals surface area contributed by atoms with E-state index >= 15 is 0 Å². The lowest BCUT2D eigenvalue weighted by Gasteiger charge is -2.35. The van der Waals surface area contributed by atoms with Gasteiger partial charge in [-0.25, -0.2) is 0 Å². The molecule has 2 unspecified atom stereocenters. The Kier molecular flexibility index (Phi) is 4.29. The smallest absolute Gasteiger partial charge is 0.260 e. The van der Waals surface area contributed by atoms with Crippen molar-refractivity contribution >= 4 is 16.7 Å². The van der Waals surface area contributed by atoms with Crippen LogP contribution in [0.5, 0.6) is 5.75 Å². The van der Waals surface area contributed by atoms with Crippen LogP contribution in [-0.4, -0.2) is 42.7 Å². The lowest BCUT2D eigenvalue weighted by atomic mass is 10.1. The molecule has 3 rings (SSSR count). The van der Waals surface area contributed by atoms with Crippen LogP contribution >= 0.6 is 0 Å². The molecule has 0 N–H and O–H groups in total. The van der Waals surface area contributed by atoms with Crippen molar-refractivity contribution < 1.29 is 14.3 Å². The summed E-state index contributed by atoms with van der Waals surface area (Å²) < 4.78 is 11.4. The van der Waals surface area contributed by atoms with Crippen LogP contribution in [0.2, 0.25) is 0 Å². The van der Waals surface area contributed by atoms with E-state index in [1.165, 1.54) is 0 Å². The molecule has 1 heterocycles. The second kappa shape index (κ2) is 6.36. The molecular weight excluding hydrogens is 278 g/mol. The monoisotopic (exact) mass is 299 g/mol. The quantitative estimate of drug-likeness (QED) is 0.875. The topological polar surface area (TPSA) is 38.8 Å². The summed E-state index contributed by atoms with van der Waals surface area (Å²) in [5, 5.41) is 2.14. The Bertz CT molecular complexity index is 655. The van der Waals surface area contributed by atoms with Gasteiger partial charge in [0, 0.05) is 18.5 Å². The average Bonchev–Trinajstić information content (AvgIpc) is 2.51. The highest BCUT2D eigenvalue weighted by Gasteiger charge is 2.26. The Morgan fingerprint density at radius 3 is 2.59 bits per heavy atom. The highest BCUT2D eigenvalue weighted by molar-refractivity contribution is 5.88. The molecule has 1 aliphatic rings. The number of nitrogens with zero attached hydrogens (tertiary/aromatic N) is 1. The summed E-state index contributed by atoms with van der Waals surface area (Å²) in [7, 11) is 0. The van der Waals surface area contributed by atoms with E-state index < -0.39 is 0 Å². The third kappa shape index (κ3) is 3.22. The third-order valence-electron chi connectivity index (χ3n) is 3.87. The molecule has 116 valence electrons. The van der Waals surface area contributed by atoms with Crippen molar-refractivity contribution in [3.05, 3.63) is 42.5 Å². The first-order valence-electron chi connectivity index (χ1n) is 7.67. The SMILES string of the molecule is CC1CN(C(=O)COc2cccc3ccccc23)CC(C)O1. The van der Waals surface area contributed by atoms with E-state index in [4.69, 9.17) is 9.47 Å². The number of morpholine rings is 1. The van der Waals surface area contributed by atoms with Crippen LogP contribution in [0.1, 0.15) is 13.8 Å². The summed E-state index contributed by atoms with van der Waals surface area (Å²) in [5.41, 5.74) is 0. The Morgan fingerprint density at radius 1 is 1.14 bits per heavy atom. The van der Waals surface area contributed by atoms with Gasteiger partial charge in [0.25, 0.3) is 5.91 Å². The molecule has 0 aromatic heterocycles. The normalized spacial score (nSPS) is 21.8. The molecule has 0 saturated carbocycles. The molecule has 1 amide bonds. The number of fused-ring (bicyclic) bond motifs is 1. The van der Waals surface area contributed by atoms with Crippen molar-refractivity contribution in [2.45, 2.75) is 26.1 Å². The van der Waals surface area contributed by atoms with E-state index in [1.54, 1.807) is 0 Å². The van der Waals surface area contributed by atoms with Crippen LogP contribution in [0.15, 0.2) is 42.5 Å². The average molecular weight is 299 g/mol. The minimum Gasteiger partial charge on any atom is -0.483 e. The lowest BCUT2D eigenvalue weighted by molar-refractivity contribution is -0.145. The van der Waals surface area contributed by atoms with E-state index in [9.17, 15) is 4.79 Å². The molecule has 2 aromatic rings. The van der Waals surface area contributed by atoms with Crippen molar-refractivity contribution in [2.75, 3.05) is 19.7 Å². The minimum absolute atomic E-state index is 0.00920. The van der Waals surface area contributed by atoms with E-state index in [1.807, 2.05) is 61.2 Å². The Hall–Kier alpha value is -2.07. The first-order valence-corrected chi connectivity index (χ1v) is 7.67. The van der Waals surface area contributed by atoms with Crippen molar-refractivity contribution in [3.8, 4) is 5.75 Å². The highest BCUT2D eigenvalue weighted by atomic mass is 16.5. The predicted molar refractivity (Wildman–Crippen MR) is 86.0 cm³/mol. The van der Waals surface area contributed by atoms with E-state index in [0.717, 1.165) is 16.5 Å². The van der Waals surface area contributed by atoms with Gasteiger partial charge in [-0.05, 0) is 25.3 Å². The van der Waals surface area contributed by atoms with Crippen LogP contribution in [0.25, 0.3) is 10.8 Å². The Morgan fingerprint density at radius 2 is 1.82 bits per heavy atom. The van der Waals surface area contributed by atoms with Gasteiger partial charge in [0.15, 0.2) is 6.61 Å². The van der Waals surface area contributed by atoms with Gasteiger partial charge in [0.1, 0.15) is 5.75 Å². The van der Waals surface area contributed by atoms with Gasteiger partial charge < -0.3 is 14.4 Å². The fourth-order valence-electron chi connectivity index (χ4n) is 2.93. The highest BCUT2D eigenvalue weighted by Crippen LogP contribution is 2.25. The number of hydrogen-bond acceptors (Lipinski definition) is 3. The van der Waals surface area contributed by atoms with Gasteiger partial charge in [-0.1, -0.05) is 36.4 Å². The number of rotatable bonds is 3. The molecule has 1 fully saturated rings. The second-order valence-electron chi connectivity index (χ2n) is 5.82. The molecule has 2 atom stereocenters. The number of ether oxygens (including phenoxy) is 2. The maximum atomic E-state index is 12.3. The first kappa shape index (κ1) is 14.9. The van der Waals surface area contributed by atoms with Gasteiger partial charge >= 0.3 is 0 Å². The fourth-order valence-corrected chi connectivity index (χ4v) is 2.93. The minimum atomic E-state index is 0.00920. The molecule has 4 nitrogen and oxygen atoms in total. The van der Waals surface area contributed by atoms with Crippen LogP contribution in [0.4, 0.5) is 0 Å². The molecule has 1 aliphatic heterocycles. The van der Waals surface area contributed by atoms with Gasteiger partial charge in [-0.15, -0.1) is 0 Å². The van der Waals surface area contributed by atoms with E-state index in [-0.39, 0.29) is 24.7 Å². The standard InChI is InChI=1S/C18H21NO3/c1-13-10-19(11-14(2)22-13)18(20)12-21-17-9-5-7-15-6-3-4-8-16(15)17/h3-9,13-14H,10-12H2,1-2H3. The van der Waals surface area contributed by atoms with Gasteiger partial charge in [-0.3, -0.25) is 4.79 Å². The fraction of sp³-hybridized carbons (Fsp3) is 0.389. The van der Waals surface area contributed by atoms with E-state index in [2.05, 4.69) is 0 Å². The zero-order chi connectivity index (χ0) is 15.5. The Balaban J connectivity index is 1.67. The molecule has 2 aromatic carbocycles. The molecule has 0 spiro atoms. The molecule has 0 bridgehead atoms. The Labute approximate surface area is 130 Å². The first-order chi connectivity index (χ1) is 10.6. The van der Waals surface area contributed by atoms with Crippen molar-refractivity contribution in [1.82, 2.24) is 4.90 Å². The van der Waals surface area contributed by atoms with Crippen molar-refractivity contribution in [3.63, 3.8) is 0 Å². The zero-order valence-electron chi connectivity index (χ0n) is 13.0. The number of carbonyl (C=O) groups excluding carboxylic acids is 1. The predicted octanol–water partition coefficient (Wildman–Crippen LogP) is 2.85. The van der Waals surface area contributed by atoms with Crippen molar-refractivity contribution in [1.29, 1.82) is 0 Å². The molecule has 1 saturated heterocycles. The molecule has 0 aliphatic carbocycles. The summed E-state index contributed by atoms with van der Waals surface area (Å²) in [6.45, 7) is 5.29. The number of benzene rings is 2. The third-order valence-corrected chi connectivity index (χ3v) is 3.87. The molecule has 22 heavy (non-hydrogen) atoms. The van der Waals surface area contributed by atoms with E-state index in [0.29, 0.717) is 13.1 Å². The molecule has 0 radical (unpaired) electrons. The summed E-state index contributed by atoms with van der Waals surface area (Å²) in [5.74, 6) is 0.760. The van der Waals surface area contributed by atoms with Gasteiger partial charge in [-0.2, -0.15) is 0 Å².